The summed E-state index contributed by atoms with van der Waals surface area (Å²) < 4.78 is 0. The molecule has 0 atom stereocenters. The van der Waals surface area contributed by atoms with Crippen LogP contribution < -0.4 is 10.6 Å². The number of Topliss-reactive ketones (excluding diaryl/α,β-unsaturated/α-hetero) is 4. The molecule has 0 radical (unpaired) electrons. The molecular formula is C30H24N2NiO4. The molecule has 6 nitrogen and oxygen atoms in total. The first kappa shape index (κ1) is 27.2. The quantitative estimate of drug-likeness (QED) is 0.167. The second kappa shape index (κ2) is 13.1. The van der Waals surface area contributed by atoms with E-state index in [1.807, 2.05) is 12.1 Å². The number of hydrogen-bond acceptors (Lipinski definition) is 6. The zero-order valence-corrected chi connectivity index (χ0v) is 20.7. The van der Waals surface area contributed by atoms with E-state index in [9.17, 15) is 19.2 Å². The van der Waals surface area contributed by atoms with Gasteiger partial charge in [-0.05, 0) is 24.3 Å². The predicted octanol–water partition coefficient (Wildman–Crippen LogP) is 3.83. The largest absolute Gasteiger partial charge is 0.389 e. The minimum absolute atomic E-state index is 0. The van der Waals surface area contributed by atoms with Crippen LogP contribution in [0.1, 0.15) is 20.7 Å². The zero-order chi connectivity index (χ0) is 25.3. The van der Waals surface area contributed by atoms with Crippen molar-refractivity contribution in [1.29, 1.82) is 0 Å². The third kappa shape index (κ3) is 6.66. The van der Waals surface area contributed by atoms with Gasteiger partial charge in [-0.15, -0.1) is 0 Å². The fourth-order valence-corrected chi connectivity index (χ4v) is 3.69. The fourth-order valence-electron chi connectivity index (χ4n) is 3.69. The Bertz CT molecular complexity index is 1270. The number of rotatable bonds is 9. The molecule has 0 aromatic heterocycles. The van der Waals surface area contributed by atoms with Crippen LogP contribution in [0, 0.1) is 0 Å². The molecule has 2 aromatic carbocycles. The normalized spacial score (nSPS) is 16.6. The summed E-state index contributed by atoms with van der Waals surface area (Å²) in [7, 11) is 0. The summed E-state index contributed by atoms with van der Waals surface area (Å²) in [4.78, 5) is 50.8. The average molecular weight is 535 g/mol. The van der Waals surface area contributed by atoms with E-state index in [-0.39, 0.29) is 50.8 Å². The Morgan fingerprint density at radius 3 is 1.38 bits per heavy atom. The summed E-state index contributed by atoms with van der Waals surface area (Å²) in [6, 6.07) is 17.4. The van der Waals surface area contributed by atoms with E-state index >= 15 is 0 Å². The van der Waals surface area contributed by atoms with E-state index in [4.69, 9.17) is 0 Å². The SMILES string of the molecule is O=C1C(C(=O)c2ccccc2)=CC=C/C1=C/NCCN/C=C1/C=CC=C(C(=O)c2ccccc2)C1=O.[Ni]. The van der Waals surface area contributed by atoms with Gasteiger partial charge >= 0.3 is 0 Å². The van der Waals surface area contributed by atoms with Crippen LogP contribution in [0.15, 0.2) is 132 Å². The second-order valence-electron chi connectivity index (χ2n) is 8.04. The molecule has 37 heavy (non-hydrogen) atoms. The molecule has 2 aromatic rings. The first-order valence-corrected chi connectivity index (χ1v) is 11.5. The van der Waals surface area contributed by atoms with Crippen LogP contribution in [-0.4, -0.2) is 36.2 Å². The fraction of sp³-hybridized carbons (Fsp3) is 0.0667. The van der Waals surface area contributed by atoms with Crippen LogP contribution in [0.25, 0.3) is 0 Å². The van der Waals surface area contributed by atoms with Crippen LogP contribution in [0.5, 0.6) is 0 Å². The van der Waals surface area contributed by atoms with E-state index in [1.54, 1.807) is 85.2 Å². The Kier molecular flexibility index (Phi) is 9.64. The summed E-state index contributed by atoms with van der Waals surface area (Å²) in [5.41, 5.74) is 1.94. The van der Waals surface area contributed by atoms with Gasteiger partial charge in [0.25, 0.3) is 0 Å². The van der Waals surface area contributed by atoms with Gasteiger partial charge < -0.3 is 10.6 Å². The number of ketones is 4. The number of carbonyl (C=O) groups is 4. The van der Waals surface area contributed by atoms with E-state index in [0.717, 1.165) is 0 Å². The van der Waals surface area contributed by atoms with Crippen LogP contribution in [0.4, 0.5) is 0 Å². The number of nitrogens with one attached hydrogen (secondary N) is 2. The maximum Gasteiger partial charge on any atom is 0.198 e. The monoisotopic (exact) mass is 534 g/mol. The summed E-state index contributed by atoms with van der Waals surface area (Å²) in [6.45, 7) is 0.924. The number of benzene rings is 2. The molecule has 4 rings (SSSR count). The van der Waals surface area contributed by atoms with Crippen molar-refractivity contribution < 1.29 is 35.7 Å². The second-order valence-corrected chi connectivity index (χ2v) is 8.04. The van der Waals surface area contributed by atoms with Crippen LogP contribution >= 0.6 is 0 Å². The van der Waals surface area contributed by atoms with Gasteiger partial charge in [-0.1, -0.05) is 72.8 Å². The summed E-state index contributed by atoms with van der Waals surface area (Å²) in [6.07, 6.45) is 12.9. The van der Waals surface area contributed by atoms with Gasteiger partial charge in [-0.2, -0.15) is 0 Å². The van der Waals surface area contributed by atoms with E-state index < -0.39 is 0 Å². The van der Waals surface area contributed by atoms with Crippen molar-refractivity contribution in [2.75, 3.05) is 13.1 Å². The van der Waals surface area contributed by atoms with Gasteiger partial charge in [0.15, 0.2) is 23.1 Å². The van der Waals surface area contributed by atoms with Crippen LogP contribution in [-0.2, 0) is 26.1 Å². The molecule has 7 heteroatoms. The smallest absolute Gasteiger partial charge is 0.198 e. The molecule has 188 valence electrons. The topological polar surface area (TPSA) is 92.3 Å². The van der Waals surface area contributed by atoms with Crippen molar-refractivity contribution in [1.82, 2.24) is 10.6 Å². The Morgan fingerprint density at radius 2 is 1.00 bits per heavy atom. The molecule has 2 aliphatic rings. The molecule has 0 bridgehead atoms. The maximum atomic E-state index is 12.7. The number of hydrogen-bond donors (Lipinski definition) is 2. The number of carbonyl (C=O) groups excluding carboxylic acids is 4. The summed E-state index contributed by atoms with van der Waals surface area (Å²) in [5, 5.41) is 6.10. The Morgan fingerprint density at radius 1 is 0.622 bits per heavy atom. The average Bonchev–Trinajstić information content (AvgIpc) is 2.92. The molecule has 2 N–H and O–H groups in total. The molecule has 0 aliphatic heterocycles. The van der Waals surface area contributed by atoms with E-state index in [1.165, 1.54) is 12.2 Å². The van der Waals surface area contributed by atoms with E-state index in [2.05, 4.69) is 10.6 Å². The summed E-state index contributed by atoms with van der Waals surface area (Å²) >= 11 is 0. The molecule has 0 saturated carbocycles. The molecule has 0 amide bonds. The zero-order valence-electron chi connectivity index (χ0n) is 19.8. The van der Waals surface area contributed by atoms with Crippen molar-refractivity contribution >= 4 is 23.1 Å². The molecule has 0 fully saturated rings. The Balaban J connectivity index is 0.00000380. The van der Waals surface area contributed by atoms with Crippen molar-refractivity contribution in [3.05, 3.63) is 143 Å². The Labute approximate surface area is 225 Å². The molecule has 0 saturated heterocycles. The van der Waals surface area contributed by atoms with Gasteiger partial charge in [0.2, 0.25) is 0 Å². The summed E-state index contributed by atoms with van der Waals surface area (Å²) in [5.74, 6) is -1.30. The first-order chi connectivity index (χ1) is 17.6. The molecule has 0 spiro atoms. The van der Waals surface area contributed by atoms with Gasteiger partial charge in [0, 0.05) is 64.3 Å². The minimum Gasteiger partial charge on any atom is -0.389 e. The Hall–Kier alpha value is -4.35. The van der Waals surface area contributed by atoms with Crippen molar-refractivity contribution in [3.63, 3.8) is 0 Å². The van der Waals surface area contributed by atoms with Crippen molar-refractivity contribution in [2.45, 2.75) is 0 Å². The van der Waals surface area contributed by atoms with Gasteiger partial charge in [-0.3, -0.25) is 19.2 Å². The number of allylic oxidation sites excluding steroid dienone is 10. The minimum atomic E-state index is -0.339. The molecular weight excluding hydrogens is 511 g/mol. The van der Waals surface area contributed by atoms with Gasteiger partial charge in [0.1, 0.15) is 0 Å². The van der Waals surface area contributed by atoms with Crippen molar-refractivity contribution in [3.8, 4) is 0 Å². The van der Waals surface area contributed by atoms with Crippen LogP contribution in [0.2, 0.25) is 0 Å². The predicted molar refractivity (Wildman–Crippen MR) is 138 cm³/mol. The molecule has 2 aliphatic carbocycles. The van der Waals surface area contributed by atoms with Gasteiger partial charge in [-0.25, -0.2) is 0 Å². The maximum absolute atomic E-state index is 12.7. The van der Waals surface area contributed by atoms with Crippen molar-refractivity contribution in [2.24, 2.45) is 0 Å². The van der Waals surface area contributed by atoms with E-state index in [0.29, 0.717) is 35.4 Å². The van der Waals surface area contributed by atoms with Crippen LogP contribution in [0.3, 0.4) is 0 Å². The standard InChI is InChI=1S/C30H24N2O4.Ni/c33-27(21-9-3-1-4-10-21)25-15-7-13-23(29(25)35)19-31-17-18-32-20-24-14-8-16-26(30(24)36)28(34)22-11-5-2-6-12-22;/h1-16,19-20,31-32H,17-18H2;/b23-19-,24-20-;. The molecule has 0 heterocycles. The third-order valence-corrected chi connectivity index (χ3v) is 5.58. The first-order valence-electron chi connectivity index (χ1n) is 11.5. The van der Waals surface area contributed by atoms with Gasteiger partial charge in [0.05, 0.1) is 11.1 Å². The molecule has 0 unspecified atom stereocenters. The third-order valence-electron chi connectivity index (χ3n) is 5.58.